The zero-order valence-electron chi connectivity index (χ0n) is 14.8. The van der Waals surface area contributed by atoms with E-state index in [0.717, 1.165) is 45.6 Å². The third-order valence-electron chi connectivity index (χ3n) is 4.24. The average molecular weight is 312 g/mol. The van der Waals surface area contributed by atoms with Crippen LogP contribution in [0.15, 0.2) is 0 Å². The van der Waals surface area contributed by atoms with E-state index in [2.05, 4.69) is 18.7 Å². The molecule has 2 fully saturated rings. The molecule has 0 bridgehead atoms. The summed E-state index contributed by atoms with van der Waals surface area (Å²) in [7, 11) is 0. The molecule has 0 saturated carbocycles. The molecule has 2 atom stereocenters. The molecule has 5 nitrogen and oxygen atoms in total. The van der Waals surface area contributed by atoms with Crippen LogP contribution in [0.25, 0.3) is 0 Å². The van der Waals surface area contributed by atoms with E-state index in [9.17, 15) is 4.79 Å². The van der Waals surface area contributed by atoms with E-state index in [1.165, 1.54) is 0 Å². The molecular weight excluding hydrogens is 280 g/mol. The Bertz CT molecular complexity index is 379. The van der Waals surface area contributed by atoms with Gasteiger partial charge in [-0.25, -0.2) is 4.79 Å². The van der Waals surface area contributed by atoms with Gasteiger partial charge in [0, 0.05) is 32.2 Å². The quantitative estimate of drug-likeness (QED) is 0.803. The maximum absolute atomic E-state index is 12.2. The standard InChI is InChI=1S/C17H32N2O3/c1-13(2)10-15-12-18(8-9-21-15)14-6-7-19(11-14)16(20)22-17(3,4)5/h13-15H,6-12H2,1-5H3/t14-,15?/m0/s1. The molecule has 0 aliphatic carbocycles. The van der Waals surface area contributed by atoms with Crippen molar-refractivity contribution in [3.8, 4) is 0 Å². The molecule has 22 heavy (non-hydrogen) atoms. The first-order valence-electron chi connectivity index (χ1n) is 8.58. The van der Waals surface area contributed by atoms with Crippen LogP contribution < -0.4 is 0 Å². The third kappa shape index (κ3) is 5.13. The molecule has 128 valence electrons. The SMILES string of the molecule is CC(C)CC1CN([C@H]2CCN(C(=O)OC(C)(C)C)C2)CCO1. The number of carbonyl (C=O) groups excluding carboxylic acids is 1. The Balaban J connectivity index is 1.83. The van der Waals surface area contributed by atoms with E-state index in [1.54, 1.807) is 0 Å². The monoisotopic (exact) mass is 312 g/mol. The van der Waals surface area contributed by atoms with Crippen molar-refractivity contribution in [3.05, 3.63) is 0 Å². The minimum Gasteiger partial charge on any atom is -0.444 e. The predicted octanol–water partition coefficient (Wildman–Crippen LogP) is 2.74. The second-order valence-corrected chi connectivity index (χ2v) is 7.99. The third-order valence-corrected chi connectivity index (χ3v) is 4.24. The van der Waals surface area contributed by atoms with Crippen molar-refractivity contribution in [2.45, 2.75) is 65.2 Å². The molecule has 0 radical (unpaired) electrons. The minimum atomic E-state index is -0.420. The molecular formula is C17H32N2O3. The van der Waals surface area contributed by atoms with Crippen LogP contribution in [-0.2, 0) is 9.47 Å². The van der Waals surface area contributed by atoms with E-state index < -0.39 is 5.60 Å². The molecule has 0 spiro atoms. The van der Waals surface area contributed by atoms with E-state index in [4.69, 9.17) is 9.47 Å². The van der Waals surface area contributed by atoms with Gasteiger partial charge in [0.1, 0.15) is 5.60 Å². The van der Waals surface area contributed by atoms with E-state index >= 15 is 0 Å². The summed E-state index contributed by atoms with van der Waals surface area (Å²) in [5.74, 6) is 0.659. The van der Waals surface area contributed by atoms with Crippen molar-refractivity contribution in [1.29, 1.82) is 0 Å². The number of likely N-dealkylation sites (tertiary alicyclic amines) is 1. The lowest BCUT2D eigenvalue weighted by atomic mass is 10.0. The molecule has 0 aromatic rings. The van der Waals surface area contributed by atoms with E-state index in [0.29, 0.717) is 18.1 Å². The summed E-state index contributed by atoms with van der Waals surface area (Å²) < 4.78 is 11.3. The van der Waals surface area contributed by atoms with E-state index in [-0.39, 0.29) is 6.09 Å². The van der Waals surface area contributed by atoms with Gasteiger partial charge in [-0.3, -0.25) is 4.90 Å². The smallest absolute Gasteiger partial charge is 0.410 e. The van der Waals surface area contributed by atoms with Crippen LogP contribution in [0.4, 0.5) is 4.79 Å². The fourth-order valence-electron chi connectivity index (χ4n) is 3.27. The van der Waals surface area contributed by atoms with Crippen LogP contribution in [0.2, 0.25) is 0 Å². The van der Waals surface area contributed by atoms with Gasteiger partial charge in [-0.1, -0.05) is 13.8 Å². The molecule has 1 unspecified atom stereocenters. The lowest BCUT2D eigenvalue weighted by Gasteiger charge is -2.37. The van der Waals surface area contributed by atoms with Crippen LogP contribution in [0.1, 0.15) is 47.5 Å². The Morgan fingerprint density at radius 2 is 2.00 bits per heavy atom. The molecule has 0 N–H and O–H groups in total. The van der Waals surface area contributed by atoms with Crippen LogP contribution >= 0.6 is 0 Å². The number of amides is 1. The second kappa shape index (κ2) is 7.18. The maximum Gasteiger partial charge on any atom is 0.410 e. The number of morpholine rings is 1. The number of hydrogen-bond acceptors (Lipinski definition) is 4. The highest BCUT2D eigenvalue weighted by atomic mass is 16.6. The number of ether oxygens (including phenoxy) is 2. The van der Waals surface area contributed by atoms with E-state index in [1.807, 2.05) is 25.7 Å². The van der Waals surface area contributed by atoms with Crippen LogP contribution in [-0.4, -0.2) is 66.4 Å². The zero-order chi connectivity index (χ0) is 16.3. The summed E-state index contributed by atoms with van der Waals surface area (Å²) in [6, 6.07) is 0.450. The normalized spacial score (nSPS) is 27.5. The molecule has 2 aliphatic rings. The highest BCUT2D eigenvalue weighted by molar-refractivity contribution is 5.68. The topological polar surface area (TPSA) is 42.0 Å². The van der Waals surface area contributed by atoms with Gasteiger partial charge in [0.25, 0.3) is 0 Å². The van der Waals surface area contributed by atoms with Crippen LogP contribution in [0.5, 0.6) is 0 Å². The first-order chi connectivity index (χ1) is 10.2. The largest absolute Gasteiger partial charge is 0.444 e. The highest BCUT2D eigenvalue weighted by Gasteiger charge is 2.35. The summed E-state index contributed by atoms with van der Waals surface area (Å²) in [6.45, 7) is 14.6. The van der Waals surface area contributed by atoms with Gasteiger partial charge in [-0.05, 0) is 39.5 Å². The minimum absolute atomic E-state index is 0.179. The average Bonchev–Trinajstić information content (AvgIpc) is 2.85. The van der Waals surface area contributed by atoms with Crippen molar-refractivity contribution < 1.29 is 14.3 Å². The Morgan fingerprint density at radius 3 is 2.64 bits per heavy atom. The summed E-state index contributed by atoms with van der Waals surface area (Å²) in [4.78, 5) is 16.5. The summed E-state index contributed by atoms with van der Waals surface area (Å²) in [5, 5.41) is 0. The molecule has 0 aromatic carbocycles. The van der Waals surface area contributed by atoms with Crippen LogP contribution in [0.3, 0.4) is 0 Å². The fraction of sp³-hybridized carbons (Fsp3) is 0.941. The fourth-order valence-corrected chi connectivity index (χ4v) is 3.27. The van der Waals surface area contributed by atoms with Crippen molar-refractivity contribution in [2.24, 2.45) is 5.92 Å². The van der Waals surface area contributed by atoms with Gasteiger partial charge in [-0.2, -0.15) is 0 Å². The summed E-state index contributed by atoms with van der Waals surface area (Å²) in [6.07, 6.45) is 2.30. The lowest BCUT2D eigenvalue weighted by Crippen LogP contribution is -2.49. The Hall–Kier alpha value is -0.810. The van der Waals surface area contributed by atoms with Crippen molar-refractivity contribution >= 4 is 6.09 Å². The Kier molecular flexibility index (Phi) is 5.72. The Morgan fingerprint density at radius 1 is 1.27 bits per heavy atom. The molecule has 2 heterocycles. The predicted molar refractivity (Wildman–Crippen MR) is 87.0 cm³/mol. The Labute approximate surface area is 134 Å². The molecule has 1 amide bonds. The molecule has 2 rings (SSSR count). The zero-order valence-corrected chi connectivity index (χ0v) is 14.8. The van der Waals surface area contributed by atoms with Gasteiger partial charge >= 0.3 is 6.09 Å². The molecule has 0 aromatic heterocycles. The van der Waals surface area contributed by atoms with Crippen molar-refractivity contribution in [1.82, 2.24) is 9.80 Å². The van der Waals surface area contributed by atoms with Gasteiger partial charge in [0.05, 0.1) is 12.7 Å². The van der Waals surface area contributed by atoms with Gasteiger partial charge in [0.2, 0.25) is 0 Å². The molecule has 2 saturated heterocycles. The van der Waals surface area contributed by atoms with Crippen molar-refractivity contribution in [3.63, 3.8) is 0 Å². The second-order valence-electron chi connectivity index (χ2n) is 7.99. The van der Waals surface area contributed by atoms with Gasteiger partial charge in [0.15, 0.2) is 0 Å². The molecule has 2 aliphatic heterocycles. The number of rotatable bonds is 3. The highest BCUT2D eigenvalue weighted by Crippen LogP contribution is 2.22. The number of nitrogens with zero attached hydrogens (tertiary/aromatic N) is 2. The summed E-state index contributed by atoms with van der Waals surface area (Å²) >= 11 is 0. The maximum atomic E-state index is 12.2. The number of carbonyl (C=O) groups is 1. The summed E-state index contributed by atoms with van der Waals surface area (Å²) in [5.41, 5.74) is -0.420. The molecule has 5 heteroatoms. The first kappa shape index (κ1) is 17.5. The first-order valence-corrected chi connectivity index (χ1v) is 8.58. The van der Waals surface area contributed by atoms with Gasteiger partial charge < -0.3 is 14.4 Å². The van der Waals surface area contributed by atoms with Crippen molar-refractivity contribution in [2.75, 3.05) is 32.8 Å². The number of hydrogen-bond donors (Lipinski definition) is 0. The lowest BCUT2D eigenvalue weighted by molar-refractivity contribution is -0.0499. The van der Waals surface area contributed by atoms with Gasteiger partial charge in [-0.15, -0.1) is 0 Å². The van der Waals surface area contributed by atoms with Crippen LogP contribution in [0, 0.1) is 5.92 Å².